The summed E-state index contributed by atoms with van der Waals surface area (Å²) < 4.78 is 10.4. The van der Waals surface area contributed by atoms with E-state index in [9.17, 15) is 9.59 Å². The van der Waals surface area contributed by atoms with Crippen molar-refractivity contribution >= 4 is 17.8 Å². The van der Waals surface area contributed by atoms with Gasteiger partial charge in [0.2, 0.25) is 5.90 Å². The molecule has 0 fully saturated rings. The average molecular weight is 314 g/mol. The summed E-state index contributed by atoms with van der Waals surface area (Å²) in [6.45, 7) is 5.48. The molecule has 4 unspecified atom stereocenters. The van der Waals surface area contributed by atoms with Crippen LogP contribution in [0.3, 0.4) is 0 Å². The zero-order valence-electron chi connectivity index (χ0n) is 12.8. The van der Waals surface area contributed by atoms with Gasteiger partial charge in [-0.1, -0.05) is 5.11 Å². The van der Waals surface area contributed by atoms with Crippen molar-refractivity contribution in [2.75, 3.05) is 6.54 Å². The lowest BCUT2D eigenvalue weighted by molar-refractivity contribution is -0.290. The van der Waals surface area contributed by atoms with Gasteiger partial charge in [0.05, 0.1) is 12.6 Å². The van der Waals surface area contributed by atoms with Crippen molar-refractivity contribution in [2.45, 2.75) is 52.0 Å². The van der Waals surface area contributed by atoms with Crippen LogP contribution in [0.5, 0.6) is 0 Å². The van der Waals surface area contributed by atoms with Gasteiger partial charge in [-0.05, 0) is 12.5 Å². The van der Waals surface area contributed by atoms with Crippen LogP contribution in [-0.4, -0.2) is 48.7 Å². The quantitative estimate of drug-likeness (QED) is 0.252. The molecule has 10 heteroatoms. The molecule has 1 aliphatic heterocycles. The maximum atomic E-state index is 11.3. The number of rotatable bonds is 4. The Morgan fingerprint density at radius 3 is 2.45 bits per heavy atom. The standard InChI is InChI=1S/C12H18N4O6/c1-6-11(19-8(3)17)12(20-9(4)18)10(5-14-16-13)22-21-7(2)15-6/h6,10-12H,5H2,1-4H3. The topological polar surface area (TPSA) is 132 Å². The van der Waals surface area contributed by atoms with Crippen LogP contribution < -0.4 is 0 Å². The van der Waals surface area contributed by atoms with Crippen LogP contribution in [0.25, 0.3) is 10.4 Å². The molecule has 0 saturated carbocycles. The van der Waals surface area contributed by atoms with Crippen molar-refractivity contribution in [3.63, 3.8) is 0 Å². The summed E-state index contributed by atoms with van der Waals surface area (Å²) in [7, 11) is 0. The molecule has 0 N–H and O–H groups in total. The largest absolute Gasteiger partial charge is 0.456 e. The van der Waals surface area contributed by atoms with Gasteiger partial charge in [-0.15, -0.1) is 0 Å². The average Bonchev–Trinajstić information content (AvgIpc) is 2.41. The molecule has 0 amide bonds. The minimum atomic E-state index is -1.03. The molecule has 0 radical (unpaired) electrons. The second-order valence-electron chi connectivity index (χ2n) is 4.67. The number of nitrogens with zero attached hydrogens (tertiary/aromatic N) is 4. The Kier molecular flexibility index (Phi) is 6.61. The second-order valence-corrected chi connectivity index (χ2v) is 4.67. The van der Waals surface area contributed by atoms with Gasteiger partial charge in [0.25, 0.3) is 0 Å². The highest BCUT2D eigenvalue weighted by molar-refractivity contribution is 5.73. The van der Waals surface area contributed by atoms with Crippen molar-refractivity contribution in [3.05, 3.63) is 10.4 Å². The van der Waals surface area contributed by atoms with Gasteiger partial charge in [0.1, 0.15) is 0 Å². The molecule has 1 aliphatic rings. The molecule has 0 aliphatic carbocycles. The highest BCUT2D eigenvalue weighted by Crippen LogP contribution is 2.21. The first-order valence-electron chi connectivity index (χ1n) is 6.58. The Balaban J connectivity index is 3.17. The summed E-state index contributed by atoms with van der Waals surface area (Å²) >= 11 is 0. The Bertz CT molecular complexity index is 502. The molecule has 10 nitrogen and oxygen atoms in total. The number of hydrogen-bond acceptors (Lipinski definition) is 8. The lowest BCUT2D eigenvalue weighted by Gasteiger charge is -2.34. The van der Waals surface area contributed by atoms with E-state index < -0.39 is 36.3 Å². The SMILES string of the molecule is CC(=O)OC1C(C)N=C(C)OOC(CN=[N+]=[N-])C1OC(C)=O. The first-order chi connectivity index (χ1) is 10.3. The van der Waals surface area contributed by atoms with E-state index in [0.29, 0.717) is 0 Å². The molecular weight excluding hydrogens is 296 g/mol. The zero-order valence-corrected chi connectivity index (χ0v) is 12.8. The van der Waals surface area contributed by atoms with E-state index >= 15 is 0 Å². The lowest BCUT2D eigenvalue weighted by atomic mass is 10.0. The summed E-state index contributed by atoms with van der Waals surface area (Å²) in [5.41, 5.74) is 8.45. The molecule has 1 heterocycles. The Morgan fingerprint density at radius 1 is 1.32 bits per heavy atom. The van der Waals surface area contributed by atoms with Crippen LogP contribution in [-0.2, 0) is 28.8 Å². The summed E-state index contributed by atoms with van der Waals surface area (Å²) in [4.78, 5) is 39.5. The minimum Gasteiger partial charge on any atom is -0.456 e. The predicted octanol–water partition coefficient (Wildman–Crippen LogP) is 1.30. The van der Waals surface area contributed by atoms with Crippen LogP contribution in [0.15, 0.2) is 10.1 Å². The first-order valence-corrected chi connectivity index (χ1v) is 6.58. The Hall–Kier alpha value is -2.32. The molecule has 1 rings (SSSR count). The number of esters is 2. The molecule has 0 aromatic rings. The van der Waals surface area contributed by atoms with Gasteiger partial charge in [0.15, 0.2) is 18.3 Å². The van der Waals surface area contributed by atoms with Gasteiger partial charge in [0, 0.05) is 25.7 Å². The van der Waals surface area contributed by atoms with E-state index in [1.807, 2.05) is 0 Å². The van der Waals surface area contributed by atoms with Crippen molar-refractivity contribution in [1.29, 1.82) is 0 Å². The summed E-state index contributed by atoms with van der Waals surface area (Å²) in [6, 6.07) is -0.550. The van der Waals surface area contributed by atoms with E-state index in [4.69, 9.17) is 24.8 Å². The van der Waals surface area contributed by atoms with Gasteiger partial charge in [-0.2, -0.15) is 4.89 Å². The molecule has 122 valence electrons. The third kappa shape index (κ3) is 5.23. The summed E-state index contributed by atoms with van der Waals surface area (Å²) in [5.74, 6) is -0.965. The minimum absolute atomic E-state index is 0.174. The van der Waals surface area contributed by atoms with E-state index in [1.165, 1.54) is 13.8 Å². The van der Waals surface area contributed by atoms with Crippen LogP contribution >= 0.6 is 0 Å². The van der Waals surface area contributed by atoms with E-state index in [2.05, 4.69) is 15.0 Å². The van der Waals surface area contributed by atoms with Crippen molar-refractivity contribution in [1.82, 2.24) is 0 Å². The second kappa shape index (κ2) is 8.20. The predicted molar refractivity (Wildman–Crippen MR) is 73.7 cm³/mol. The maximum absolute atomic E-state index is 11.3. The summed E-state index contributed by atoms with van der Waals surface area (Å²) in [6.07, 6.45) is -2.88. The van der Waals surface area contributed by atoms with Crippen molar-refractivity contribution in [3.8, 4) is 0 Å². The van der Waals surface area contributed by atoms with E-state index in [1.54, 1.807) is 13.8 Å². The van der Waals surface area contributed by atoms with Gasteiger partial charge in [-0.3, -0.25) is 9.59 Å². The molecule has 0 aromatic carbocycles. The van der Waals surface area contributed by atoms with Crippen molar-refractivity contribution < 1.29 is 28.8 Å². The molecule has 0 bridgehead atoms. The number of hydrogen-bond donors (Lipinski definition) is 0. The molecule has 0 saturated heterocycles. The molecule has 22 heavy (non-hydrogen) atoms. The lowest BCUT2D eigenvalue weighted by Crippen LogP contribution is -2.51. The third-order valence-electron chi connectivity index (χ3n) is 2.77. The zero-order chi connectivity index (χ0) is 16.7. The number of carbonyl (C=O) groups is 2. The fourth-order valence-corrected chi connectivity index (χ4v) is 2.00. The smallest absolute Gasteiger partial charge is 0.303 e. The van der Waals surface area contributed by atoms with Gasteiger partial charge < -0.3 is 14.4 Å². The molecular formula is C12H18N4O6. The fraction of sp³-hybridized carbons (Fsp3) is 0.750. The normalized spacial score (nSPS) is 28.1. The molecule has 4 atom stereocenters. The number of ether oxygens (including phenoxy) is 2. The maximum Gasteiger partial charge on any atom is 0.303 e. The number of carbonyl (C=O) groups excluding carboxylic acids is 2. The molecule has 0 spiro atoms. The van der Waals surface area contributed by atoms with E-state index in [0.717, 1.165) is 0 Å². The van der Waals surface area contributed by atoms with Crippen LogP contribution in [0.1, 0.15) is 27.7 Å². The Labute approximate surface area is 126 Å². The van der Waals surface area contributed by atoms with Crippen molar-refractivity contribution in [2.24, 2.45) is 10.1 Å². The number of aliphatic imine (C=N–C) groups is 1. The van der Waals surface area contributed by atoms with Crippen LogP contribution in [0.2, 0.25) is 0 Å². The van der Waals surface area contributed by atoms with Gasteiger partial charge >= 0.3 is 11.9 Å². The summed E-state index contributed by atoms with van der Waals surface area (Å²) in [5, 5.41) is 3.39. The highest BCUT2D eigenvalue weighted by atomic mass is 17.2. The van der Waals surface area contributed by atoms with Crippen LogP contribution in [0, 0.1) is 0 Å². The third-order valence-corrected chi connectivity index (χ3v) is 2.77. The fourth-order valence-electron chi connectivity index (χ4n) is 2.00. The van der Waals surface area contributed by atoms with E-state index in [-0.39, 0.29) is 12.4 Å². The van der Waals surface area contributed by atoms with Gasteiger partial charge in [-0.25, -0.2) is 4.99 Å². The first kappa shape index (κ1) is 17.7. The number of azide groups is 1. The highest BCUT2D eigenvalue weighted by Gasteiger charge is 2.41. The Morgan fingerprint density at radius 2 is 1.91 bits per heavy atom. The molecule has 0 aromatic heterocycles. The van der Waals surface area contributed by atoms with Crippen LogP contribution in [0.4, 0.5) is 0 Å². The monoisotopic (exact) mass is 314 g/mol.